The maximum absolute atomic E-state index is 13.6. The molecule has 802 valence electrons. The number of carbonyl (C=O) groups excluding carboxylic acids is 4. The first-order valence-electron chi connectivity index (χ1n) is 48.7. The normalized spacial score (nSPS) is 36.6. The minimum absolute atomic E-state index is 0.131. The van der Waals surface area contributed by atoms with Crippen LogP contribution in [0.5, 0.6) is 0 Å². The molecule has 28 N–H and O–H groups in total. The molecule has 0 aliphatic carbocycles. The van der Waals surface area contributed by atoms with Gasteiger partial charge in [0.2, 0.25) is 23.6 Å². The Morgan fingerprint density at radius 3 is 1.18 bits per heavy atom. The van der Waals surface area contributed by atoms with Crippen molar-refractivity contribution < 1.29 is 218 Å². The summed E-state index contributed by atoms with van der Waals surface area (Å²) in [6.45, 7) is -2.01. The number of aliphatic hydroxyl groups is 22. The summed E-state index contributed by atoms with van der Waals surface area (Å²) in [7, 11) is 0. The van der Waals surface area contributed by atoms with E-state index in [1.807, 2.05) is 6.08 Å². The first-order chi connectivity index (χ1) is 65.8. The van der Waals surface area contributed by atoms with Crippen LogP contribution in [0.4, 0.5) is 0 Å². The highest BCUT2D eigenvalue weighted by Crippen LogP contribution is 2.43. The third-order valence-electron chi connectivity index (χ3n) is 26.2. The van der Waals surface area contributed by atoms with Gasteiger partial charge in [-0.3, -0.25) is 19.2 Å². The third kappa shape index (κ3) is 34.1. The fourth-order valence-electron chi connectivity index (χ4n) is 18.3. The summed E-state index contributed by atoms with van der Waals surface area (Å²) in [5, 5.41) is 281. The van der Waals surface area contributed by atoms with Crippen LogP contribution in [0, 0.1) is 0 Å². The molecule has 4 amide bonds. The van der Waals surface area contributed by atoms with Crippen LogP contribution in [-0.2, 0) is 95.1 Å². The van der Waals surface area contributed by atoms with Crippen molar-refractivity contribution >= 4 is 35.6 Å². The fraction of sp³-hybridized carbons (Fsp3) is 0.911. The van der Waals surface area contributed by atoms with Crippen molar-refractivity contribution in [3.63, 3.8) is 0 Å². The maximum atomic E-state index is 13.6. The monoisotopic (exact) mass is 2000 g/mol. The van der Waals surface area contributed by atoms with E-state index in [1.54, 1.807) is 0 Å². The quantitative estimate of drug-likeness (QED) is 0.0199. The molecular weight excluding hydrogens is 1840 g/mol. The Hall–Kier alpha value is -4.88. The molecule has 7 heterocycles. The van der Waals surface area contributed by atoms with E-state index < -0.39 is 333 Å². The number of aliphatic carboxylic acids is 2. The van der Waals surface area contributed by atoms with Gasteiger partial charge in [0.15, 0.2) is 31.5 Å². The molecule has 7 rings (SSSR count). The van der Waals surface area contributed by atoms with Crippen molar-refractivity contribution in [1.29, 1.82) is 0 Å². The lowest BCUT2D eigenvalue weighted by atomic mass is 9.88. The summed E-state index contributed by atoms with van der Waals surface area (Å²) in [5.74, 6) is -14.3. The zero-order valence-corrected chi connectivity index (χ0v) is 79.3. The number of aliphatic hydroxyl groups excluding tert-OH is 22. The standard InChI is InChI=1S/C90H158N4O44/c1-6-8-10-12-14-16-18-20-21-23-25-27-29-31-33-35-60(109)94-49(50(104)34-32-30-28-26-24-22-19-17-15-13-11-9-7-2)44-125-83-71(117)69(115)75(57(42-99)129-83)132-84-72(118)70(116)76(58(43-100)130-84)133-85-73(119)80(66(112)55(40-97)127-85)135-82-63(93-48(5)103)77(68(114)59(131-82)45-126-89(87(121)122)36-51(105)61(91-46(3)101)78(136-89)64(110)53(107)38-95)134-86-74(120)81(67(113)56(41-98)128-86)138-90(88(123)124)37-52(106)62(92-47(4)102)79(137-90)65(111)54(108)39-96/h32,34,49-59,61-86,95-100,104-108,110-120H,6-31,33,35-45H2,1-5H3,(H,91,101)(H,92,102)(H,93,103)(H,94,109)(H,121,122)(H,123,124)/b34-32+/t49-,50+,51?,52?,53+,54+,55?,56?,57?,58?,59?,61+,62+,63?,64+,65+,66-,67-,68-,69+,70+,71?,72?,73?,74?,75+,76-,77+,78?,79?,80-,81-,82-,83+,84-,85-,86-,89+,90-/m0/s1. The van der Waals surface area contributed by atoms with E-state index in [1.165, 1.54) is 102 Å². The molecule has 0 radical (unpaired) electrons. The molecule has 14 unspecified atom stereocenters. The van der Waals surface area contributed by atoms with E-state index >= 15 is 0 Å². The number of hydrogen-bond donors (Lipinski definition) is 28. The zero-order valence-electron chi connectivity index (χ0n) is 79.3. The largest absolute Gasteiger partial charge is 0.477 e. The number of allylic oxidation sites excluding steroid dienone is 1. The number of rotatable bonds is 62. The van der Waals surface area contributed by atoms with Crippen molar-refractivity contribution in [2.24, 2.45) is 0 Å². The van der Waals surface area contributed by atoms with Crippen LogP contribution in [-0.4, -0.2) is 449 Å². The van der Waals surface area contributed by atoms with Crippen molar-refractivity contribution in [2.45, 2.75) is 465 Å². The van der Waals surface area contributed by atoms with Crippen LogP contribution < -0.4 is 21.3 Å². The Kier molecular flexibility index (Phi) is 52.4. The fourth-order valence-corrected chi connectivity index (χ4v) is 18.3. The first kappa shape index (κ1) is 120. The molecule has 0 aromatic heterocycles. The number of ether oxygens (including phenoxy) is 14. The van der Waals surface area contributed by atoms with E-state index in [4.69, 9.17) is 66.3 Å². The molecular formula is C90H158N4O44. The Bertz CT molecular complexity index is 3540. The first-order valence-corrected chi connectivity index (χ1v) is 48.7. The lowest BCUT2D eigenvalue weighted by molar-refractivity contribution is -0.394. The molecule has 48 heteroatoms. The molecule has 0 bridgehead atoms. The summed E-state index contributed by atoms with van der Waals surface area (Å²) in [4.78, 5) is 79.1. The summed E-state index contributed by atoms with van der Waals surface area (Å²) in [6.07, 6.45) is -42.3. The summed E-state index contributed by atoms with van der Waals surface area (Å²) in [5.41, 5.74) is 0. The molecule has 0 aromatic carbocycles. The highest BCUT2D eigenvalue weighted by molar-refractivity contribution is 5.78. The van der Waals surface area contributed by atoms with E-state index in [0.29, 0.717) is 12.8 Å². The Labute approximate surface area is 801 Å². The SMILES string of the molecule is CCCCCCCCCCCCC/C=C/[C@@H](O)[C@H](CO[C@@H]1OC(CO)[C@@H](O[C@@H]2OC(CO)[C@H](O[C@@H]3OC(CO)[C@H](O)[C@H](O[C@@H]4OC(CO[C@]5(C(=O)O)CC(O)[C@@H](NC(C)=O)C([C@H](O)[C@H](O)CO)O5)[C@H](O)[C@H](O[C@@H]5OC(CO)[C@H](O)[C@H](O[C@]6(C(=O)O)CC(O)[C@@H](NC(C)=O)C([C@H](O)[C@H](O)CO)O6)C5O)C4NC(C)=O)C3O)[C@H](O)C2O)[C@H](O)C1O)NC(=O)CCCCCCCCCCCCCCCCC. The van der Waals surface area contributed by atoms with Gasteiger partial charge in [-0.15, -0.1) is 0 Å². The predicted molar refractivity (Wildman–Crippen MR) is 472 cm³/mol. The third-order valence-corrected chi connectivity index (χ3v) is 26.2. The van der Waals surface area contributed by atoms with Gasteiger partial charge in [-0.2, -0.15) is 0 Å². The van der Waals surface area contributed by atoms with Crippen LogP contribution in [0.2, 0.25) is 0 Å². The summed E-state index contributed by atoms with van der Waals surface area (Å²) < 4.78 is 83.2. The predicted octanol–water partition coefficient (Wildman–Crippen LogP) is -6.04. The van der Waals surface area contributed by atoms with Gasteiger partial charge in [-0.25, -0.2) is 9.59 Å². The molecule has 0 aromatic rings. The summed E-state index contributed by atoms with van der Waals surface area (Å²) >= 11 is 0. The van der Waals surface area contributed by atoms with Gasteiger partial charge in [0.25, 0.3) is 11.6 Å². The van der Waals surface area contributed by atoms with Crippen LogP contribution in [0.3, 0.4) is 0 Å². The number of amides is 4. The molecule has 7 aliphatic rings. The minimum atomic E-state index is -3.40. The second-order valence-electron chi connectivity index (χ2n) is 37.1. The van der Waals surface area contributed by atoms with Crippen molar-refractivity contribution in [1.82, 2.24) is 21.3 Å². The lowest BCUT2D eigenvalue weighted by Gasteiger charge is -2.52. The molecule has 0 spiro atoms. The molecule has 7 saturated heterocycles. The average molecular weight is 2000 g/mol. The molecule has 39 atom stereocenters. The molecule has 0 saturated carbocycles. The van der Waals surface area contributed by atoms with Gasteiger partial charge in [-0.1, -0.05) is 180 Å². The molecule has 7 aliphatic heterocycles. The number of nitrogens with one attached hydrogen (secondary N) is 4. The zero-order chi connectivity index (χ0) is 102. The smallest absolute Gasteiger partial charge is 0.364 e. The Balaban J connectivity index is 1.11. The number of carboxylic acid groups (broad SMARTS) is 2. The van der Waals surface area contributed by atoms with Crippen LogP contribution in [0.15, 0.2) is 12.2 Å². The Morgan fingerprint density at radius 2 is 0.746 bits per heavy atom. The highest BCUT2D eigenvalue weighted by Gasteiger charge is 2.64. The van der Waals surface area contributed by atoms with Gasteiger partial charge >= 0.3 is 11.9 Å². The topological polar surface area (TPSA) is 765 Å². The lowest BCUT2D eigenvalue weighted by Crippen LogP contribution is -2.72. The maximum Gasteiger partial charge on any atom is 0.364 e. The molecule has 7 fully saturated rings. The van der Waals surface area contributed by atoms with Crippen molar-refractivity contribution in [3.8, 4) is 0 Å². The van der Waals surface area contributed by atoms with Crippen molar-refractivity contribution in [3.05, 3.63) is 12.2 Å². The average Bonchev–Trinajstić information content (AvgIpc) is 0.728. The second-order valence-corrected chi connectivity index (χ2v) is 37.1. The van der Waals surface area contributed by atoms with Crippen LogP contribution >= 0.6 is 0 Å². The van der Waals surface area contributed by atoms with Gasteiger partial charge in [0.1, 0.15) is 159 Å². The van der Waals surface area contributed by atoms with Gasteiger partial charge in [0, 0.05) is 40.0 Å². The highest BCUT2D eigenvalue weighted by atomic mass is 16.8. The number of carbonyl (C=O) groups is 6. The Morgan fingerprint density at radius 1 is 0.391 bits per heavy atom. The van der Waals surface area contributed by atoms with Gasteiger partial charge < -0.3 is 210 Å². The number of unbranched alkanes of at least 4 members (excludes halogenated alkanes) is 25. The van der Waals surface area contributed by atoms with Gasteiger partial charge in [-0.05, 0) is 19.3 Å². The van der Waals surface area contributed by atoms with E-state index in [9.17, 15) is 151 Å². The second kappa shape index (κ2) is 60.3. The minimum Gasteiger partial charge on any atom is -0.477 e. The number of carboxylic acids is 2. The van der Waals surface area contributed by atoms with Crippen LogP contribution in [0.1, 0.15) is 227 Å². The summed E-state index contributed by atoms with van der Waals surface area (Å²) in [6, 6.07) is -6.95. The number of hydrogen-bond acceptors (Lipinski definition) is 42. The van der Waals surface area contributed by atoms with E-state index in [-0.39, 0.29) is 12.3 Å². The van der Waals surface area contributed by atoms with Gasteiger partial charge in [0.05, 0.1) is 89.3 Å². The van der Waals surface area contributed by atoms with E-state index in [0.717, 1.165) is 85.0 Å². The molecule has 48 nitrogen and oxygen atoms in total. The van der Waals surface area contributed by atoms with Crippen molar-refractivity contribution in [2.75, 3.05) is 52.9 Å². The van der Waals surface area contributed by atoms with E-state index in [2.05, 4.69) is 35.1 Å². The van der Waals surface area contributed by atoms with Crippen LogP contribution in [0.25, 0.3) is 0 Å². The molecule has 138 heavy (non-hydrogen) atoms.